The van der Waals surface area contributed by atoms with Crippen molar-refractivity contribution in [3.8, 4) is 28.2 Å². The van der Waals surface area contributed by atoms with Crippen molar-refractivity contribution in [3.05, 3.63) is 70.1 Å². The molecule has 0 bridgehead atoms. The normalized spacial score (nSPS) is 9.88. The number of carbonyl (C=O) groups excluding carboxylic acids is 1. The van der Waals surface area contributed by atoms with Crippen LogP contribution in [-0.4, -0.2) is 24.4 Å². The monoisotopic (exact) mass is 881 g/mol. The Kier molecular flexibility index (Phi) is 18.8. The average Bonchev–Trinajstić information content (AvgIpc) is 2.90. The molecule has 4 rings (SSSR count). The smallest absolute Gasteiger partial charge is 0.871 e. The number of rotatable bonds is 5. The number of aromatic carboxylic acids is 1. The third kappa shape index (κ3) is 10.2. The fourth-order valence-electron chi connectivity index (χ4n) is 3.72. The molecule has 0 fully saturated rings. The van der Waals surface area contributed by atoms with E-state index < -0.39 is 5.97 Å². The molecule has 1 heterocycles. The van der Waals surface area contributed by atoms with Gasteiger partial charge >= 0.3 is 59.1 Å². The first kappa shape index (κ1) is 42.3. The van der Waals surface area contributed by atoms with Gasteiger partial charge in [-0.3, -0.25) is 20.9 Å². The molecule has 43 heavy (non-hydrogen) atoms. The molecule has 0 unspecified atom stereocenters. The molecule has 6 N–H and O–H groups in total. The predicted molar refractivity (Wildman–Crippen MR) is 172 cm³/mol. The molecule has 0 saturated heterocycles. The molecule has 218 valence electrons. The van der Waals surface area contributed by atoms with Crippen LogP contribution in [0.5, 0.6) is 5.75 Å². The molecule has 2 aliphatic rings. The van der Waals surface area contributed by atoms with E-state index in [9.17, 15) is 19.8 Å². The molecule has 17 heteroatoms. The fraction of sp³-hybridized carbons (Fsp3) is 0.154. The second-order valence-corrected chi connectivity index (χ2v) is 11.6. The zero-order valence-electron chi connectivity index (χ0n) is 23.1. The molecule has 0 saturated carbocycles. The van der Waals surface area contributed by atoms with Crippen molar-refractivity contribution in [1.29, 1.82) is 10.8 Å². The number of hydrogen-bond acceptors (Lipinski definition) is 7. The van der Waals surface area contributed by atoms with Gasteiger partial charge in [-0.15, -0.1) is 12.4 Å². The third-order valence-corrected chi connectivity index (χ3v) is 8.13. The van der Waals surface area contributed by atoms with Gasteiger partial charge < -0.3 is 30.5 Å². The molecule has 10 nitrogen and oxygen atoms in total. The van der Waals surface area contributed by atoms with Crippen LogP contribution < -0.4 is 91.1 Å². The third-order valence-electron chi connectivity index (χ3n) is 5.51. The summed E-state index contributed by atoms with van der Waals surface area (Å²) in [4.78, 5) is 24.2. The number of benzene rings is 3. The number of fused-ring (bicyclic) bond motifs is 2. The van der Waals surface area contributed by atoms with Gasteiger partial charge in [0.1, 0.15) is 10.1 Å². The van der Waals surface area contributed by atoms with Crippen LogP contribution in [0.3, 0.4) is 0 Å². The van der Waals surface area contributed by atoms with Crippen LogP contribution in [0.25, 0.3) is 33.4 Å². The summed E-state index contributed by atoms with van der Waals surface area (Å²) in [5.41, 5.74) is 6.16. The first-order chi connectivity index (χ1) is 18.9. The molecule has 0 aromatic heterocycles. The van der Waals surface area contributed by atoms with E-state index in [1.54, 1.807) is 30.3 Å². The molecule has 1 aliphatic carbocycles. The van der Waals surface area contributed by atoms with Crippen LogP contribution in [0.1, 0.15) is 30.1 Å². The van der Waals surface area contributed by atoms with Gasteiger partial charge in [0.05, 0.1) is 14.9 Å². The number of carboxylic acids is 1. The minimum atomic E-state index is -1.35. The van der Waals surface area contributed by atoms with Gasteiger partial charge in [0.2, 0.25) is 5.43 Å². The van der Waals surface area contributed by atoms with Gasteiger partial charge in [-0.1, -0.05) is 59.3 Å². The number of nitrogens with one attached hydrogen (secondary N) is 4. The van der Waals surface area contributed by atoms with Gasteiger partial charge in [0, 0.05) is 33.1 Å². The van der Waals surface area contributed by atoms with Gasteiger partial charge in [-0.25, -0.2) is 0 Å². The molecular weight excluding hydrogens is 863 g/mol. The Labute approximate surface area is 331 Å². The average molecular weight is 886 g/mol. The topological polar surface area (TPSA) is 191 Å². The first-order valence-corrected chi connectivity index (χ1v) is 14.7. The summed E-state index contributed by atoms with van der Waals surface area (Å²) in [6.45, 7) is 2.82. The standard InChI is InChI=1S/C20H8Br4O5.C6H15N5.ClH.2Na/c21-11-5-9-13(7-3-1-2-4-8(7)20(27)28)10-6-12(22)17(26)15(24)19(10)29-18(9)14(23)16(11)25;1-2-3-4-10-6(9)11-5(7)8;;;/h1-6,25H,(H,27,28);2-4H2,1H3,(H6,7,8,9,10,11);1H;;/q;;;2*+1/p-2. The van der Waals surface area contributed by atoms with Crippen LogP contribution in [-0.2, 0) is 0 Å². The maximum Gasteiger partial charge on any atom is 1.00 e. The van der Waals surface area contributed by atoms with Crippen LogP contribution >= 0.6 is 76.1 Å². The van der Waals surface area contributed by atoms with Crippen molar-refractivity contribution in [2.75, 3.05) is 6.54 Å². The quantitative estimate of drug-likeness (QED) is 0.0571. The largest absolute Gasteiger partial charge is 1.00 e. The summed E-state index contributed by atoms with van der Waals surface area (Å²) in [7, 11) is 0. The molecule has 2 aromatic rings. The Bertz CT molecular complexity index is 1680. The van der Waals surface area contributed by atoms with Crippen molar-refractivity contribution < 1.29 is 78.5 Å². The SMILES string of the molecule is CCCCNC(=N)NC(=N)N.Cl.O=C([O-])c1ccccc1-c1c2cc(Br)c(=O)c(Br)c-2oc2c(Br)c([O-])c(Br)cc12.[Na+].[Na+]. The molecular formula is C26H22Br4ClN5Na2O5. The molecule has 2 aromatic carbocycles. The van der Waals surface area contributed by atoms with E-state index in [2.05, 4.69) is 81.3 Å². The van der Waals surface area contributed by atoms with Gasteiger partial charge in [0.25, 0.3) is 0 Å². The Hall–Kier alpha value is -0.650. The number of hydrogen-bond donors (Lipinski definition) is 5. The van der Waals surface area contributed by atoms with Crippen LogP contribution in [0, 0.1) is 10.8 Å². The maximum atomic E-state index is 12.4. The Morgan fingerprint density at radius 2 is 1.65 bits per heavy atom. The van der Waals surface area contributed by atoms with E-state index in [-0.39, 0.29) is 129 Å². The van der Waals surface area contributed by atoms with E-state index in [0.717, 1.165) is 19.4 Å². The van der Waals surface area contributed by atoms with Crippen LogP contribution in [0.4, 0.5) is 0 Å². The van der Waals surface area contributed by atoms with E-state index in [4.69, 9.17) is 21.0 Å². The number of carboxylic acid groups (broad SMARTS) is 1. The summed E-state index contributed by atoms with van der Waals surface area (Å²) in [5, 5.41) is 43.7. The number of guanidine groups is 2. The number of nitrogens with two attached hydrogens (primary N) is 1. The Morgan fingerprint density at radius 3 is 2.23 bits per heavy atom. The summed E-state index contributed by atoms with van der Waals surface area (Å²) in [6, 6.07) is 9.50. The minimum Gasteiger partial charge on any atom is -0.871 e. The Balaban J connectivity index is 0.00000109. The number of halogens is 5. The van der Waals surface area contributed by atoms with Crippen molar-refractivity contribution >= 4 is 105 Å². The van der Waals surface area contributed by atoms with Crippen molar-refractivity contribution in [1.82, 2.24) is 10.6 Å². The number of carbonyl (C=O) groups is 1. The minimum absolute atomic E-state index is 0. The maximum absolute atomic E-state index is 12.4. The predicted octanol–water partition coefficient (Wildman–Crippen LogP) is -0.724. The summed E-state index contributed by atoms with van der Waals surface area (Å²) < 4.78 is 6.80. The van der Waals surface area contributed by atoms with Gasteiger partial charge in [-0.05, 0) is 71.9 Å². The van der Waals surface area contributed by atoms with Crippen LogP contribution in [0.15, 0.2) is 63.5 Å². The van der Waals surface area contributed by atoms with Gasteiger partial charge in [-0.2, -0.15) is 0 Å². The zero-order chi connectivity index (χ0) is 29.7. The summed E-state index contributed by atoms with van der Waals surface area (Å²) >= 11 is 13.0. The number of unbranched alkanes of at least 4 members (excludes halogenated alkanes) is 1. The zero-order valence-corrected chi connectivity index (χ0v) is 34.3. The molecule has 1 aliphatic heterocycles. The molecule has 0 atom stereocenters. The van der Waals surface area contributed by atoms with E-state index in [1.165, 1.54) is 6.07 Å². The second-order valence-electron chi connectivity index (χ2n) is 8.26. The summed E-state index contributed by atoms with van der Waals surface area (Å²) in [5.74, 6) is -1.61. The van der Waals surface area contributed by atoms with Crippen molar-refractivity contribution in [2.24, 2.45) is 5.73 Å². The Morgan fingerprint density at radius 1 is 1.02 bits per heavy atom. The van der Waals surface area contributed by atoms with E-state index in [1.807, 2.05) is 0 Å². The van der Waals surface area contributed by atoms with Gasteiger partial charge in [0.15, 0.2) is 17.7 Å². The second kappa shape index (κ2) is 19.1. The first-order valence-electron chi connectivity index (χ1n) is 11.6. The summed E-state index contributed by atoms with van der Waals surface area (Å²) in [6.07, 6.45) is 2.10. The van der Waals surface area contributed by atoms with Crippen LogP contribution in [0.2, 0.25) is 0 Å². The molecule has 0 amide bonds. The van der Waals surface area contributed by atoms with E-state index >= 15 is 0 Å². The fourth-order valence-corrected chi connectivity index (χ4v) is 6.13. The van der Waals surface area contributed by atoms with Crippen molar-refractivity contribution in [3.63, 3.8) is 0 Å². The van der Waals surface area contributed by atoms with Crippen molar-refractivity contribution in [2.45, 2.75) is 19.8 Å². The van der Waals surface area contributed by atoms with E-state index in [0.29, 0.717) is 22.1 Å². The molecule has 0 radical (unpaired) electrons. The molecule has 0 spiro atoms.